The highest BCUT2D eigenvalue weighted by molar-refractivity contribution is 4.60. The first-order chi connectivity index (χ1) is 3.30. The first kappa shape index (κ1) is 5.03. The fourth-order valence-corrected chi connectivity index (χ4v) is 0.734. The zero-order valence-electron chi connectivity index (χ0n) is 4.04. The third-order valence-corrected chi connectivity index (χ3v) is 1.19. The van der Waals surface area contributed by atoms with Crippen LogP contribution in [0.4, 0.5) is 0 Å². The second-order valence-electron chi connectivity index (χ2n) is 1.79. The van der Waals surface area contributed by atoms with Gasteiger partial charge in [0.1, 0.15) is 6.23 Å². The predicted molar refractivity (Wildman–Crippen MR) is 23.7 cm³/mol. The van der Waals surface area contributed by atoms with Crippen molar-refractivity contribution in [2.45, 2.75) is 19.1 Å². The maximum Gasteiger partial charge on any atom is 0.129 e. The average Bonchev–Trinajstić information content (AvgIpc) is 1.91. The van der Waals surface area contributed by atoms with Gasteiger partial charge >= 0.3 is 0 Å². The topological polar surface area (TPSA) is 43.7 Å². The van der Waals surface area contributed by atoms with Crippen LogP contribution < -0.4 is 0 Å². The van der Waals surface area contributed by atoms with Crippen LogP contribution in [0.5, 0.6) is 0 Å². The van der Waals surface area contributed by atoms with Gasteiger partial charge in [0.15, 0.2) is 0 Å². The molecular weight excluding hydrogens is 94.0 g/mol. The van der Waals surface area contributed by atoms with E-state index < -0.39 is 6.23 Å². The summed E-state index contributed by atoms with van der Waals surface area (Å²) in [6.07, 6.45) is 1.01. The zero-order valence-corrected chi connectivity index (χ0v) is 4.04. The Morgan fingerprint density at radius 2 is 2.29 bits per heavy atom. The van der Waals surface area contributed by atoms with E-state index in [4.69, 9.17) is 10.3 Å². The lowest BCUT2D eigenvalue weighted by Gasteiger charge is -2.08. The Balaban J connectivity index is 2.33. The Bertz CT molecular complexity index is 58.7. The molecule has 3 heteroatoms. The van der Waals surface area contributed by atoms with Crippen molar-refractivity contribution in [2.24, 2.45) is 0 Å². The van der Waals surface area contributed by atoms with E-state index in [1.807, 2.05) is 0 Å². The molecule has 0 unspecified atom stereocenters. The first-order valence-electron chi connectivity index (χ1n) is 2.44. The second-order valence-corrected chi connectivity index (χ2v) is 1.79. The lowest BCUT2D eigenvalue weighted by Crippen LogP contribution is -2.24. The van der Waals surface area contributed by atoms with Gasteiger partial charge in [0.05, 0.1) is 0 Å². The molecule has 0 aromatic rings. The van der Waals surface area contributed by atoms with Crippen LogP contribution in [0.25, 0.3) is 0 Å². The molecule has 1 rings (SSSR count). The van der Waals surface area contributed by atoms with Gasteiger partial charge in [-0.3, -0.25) is 0 Å². The van der Waals surface area contributed by atoms with E-state index in [-0.39, 0.29) is 0 Å². The molecule has 1 heterocycles. The summed E-state index contributed by atoms with van der Waals surface area (Å²) >= 11 is 0. The highest BCUT2D eigenvalue weighted by atomic mass is 16.5. The van der Waals surface area contributed by atoms with Crippen molar-refractivity contribution in [1.82, 2.24) is 5.06 Å². The van der Waals surface area contributed by atoms with Crippen LogP contribution >= 0.6 is 0 Å². The van der Waals surface area contributed by atoms with Crippen molar-refractivity contribution in [2.75, 3.05) is 6.54 Å². The van der Waals surface area contributed by atoms with E-state index in [0.717, 1.165) is 11.5 Å². The summed E-state index contributed by atoms with van der Waals surface area (Å²) in [7, 11) is 0. The molecule has 0 bridgehead atoms. The molecule has 0 aromatic carbocycles. The van der Waals surface area contributed by atoms with Crippen molar-refractivity contribution >= 4 is 0 Å². The third kappa shape index (κ3) is 0.907. The molecule has 1 aliphatic rings. The Labute approximate surface area is 42.1 Å². The van der Waals surface area contributed by atoms with Gasteiger partial charge < -0.3 is 10.3 Å². The number of nitrogens with zero attached hydrogens (tertiary/aromatic N) is 1. The maximum atomic E-state index is 8.67. The molecule has 2 N–H and O–H groups in total. The van der Waals surface area contributed by atoms with Gasteiger partial charge in [-0.05, 0) is 12.8 Å². The lowest BCUT2D eigenvalue weighted by molar-refractivity contribution is -0.170. The highest BCUT2D eigenvalue weighted by Crippen LogP contribution is 2.09. The van der Waals surface area contributed by atoms with E-state index in [2.05, 4.69) is 0 Å². The molecule has 3 nitrogen and oxygen atoms in total. The minimum absolute atomic E-state index is 0.597. The van der Waals surface area contributed by atoms with Crippen molar-refractivity contribution in [3.8, 4) is 0 Å². The molecule has 1 aliphatic heterocycles. The Hall–Kier alpha value is -0.120. The van der Waals surface area contributed by atoms with Crippen LogP contribution in [0, 0.1) is 0 Å². The first-order valence-corrected chi connectivity index (χ1v) is 2.44. The van der Waals surface area contributed by atoms with Crippen LogP contribution in [-0.2, 0) is 0 Å². The SMILES string of the molecule is O[C@H]1CCCN1O. The second kappa shape index (κ2) is 1.78. The molecule has 7 heavy (non-hydrogen) atoms. The molecule has 0 amide bonds. The quantitative estimate of drug-likeness (QED) is 0.446. The van der Waals surface area contributed by atoms with Crippen molar-refractivity contribution in [1.29, 1.82) is 0 Å². The number of hydrogen-bond donors (Lipinski definition) is 2. The van der Waals surface area contributed by atoms with Gasteiger partial charge in [-0.1, -0.05) is 0 Å². The Morgan fingerprint density at radius 1 is 1.57 bits per heavy atom. The molecule has 42 valence electrons. The number of hydroxylamine groups is 2. The van der Waals surface area contributed by atoms with Crippen LogP contribution in [0.2, 0.25) is 0 Å². The Kier molecular flexibility index (Phi) is 1.27. The van der Waals surface area contributed by atoms with Gasteiger partial charge in [-0.2, -0.15) is 5.06 Å². The molecule has 1 saturated heterocycles. The fraction of sp³-hybridized carbons (Fsp3) is 1.00. The molecule has 0 radical (unpaired) electrons. The van der Waals surface area contributed by atoms with E-state index >= 15 is 0 Å². The third-order valence-electron chi connectivity index (χ3n) is 1.19. The number of aliphatic hydroxyl groups is 1. The van der Waals surface area contributed by atoms with Crippen LogP contribution in [0.1, 0.15) is 12.8 Å². The molecule has 0 saturated carbocycles. The normalized spacial score (nSPS) is 34.3. The largest absolute Gasteiger partial charge is 0.376 e. The molecular formula is C4H9NO2. The highest BCUT2D eigenvalue weighted by Gasteiger charge is 2.18. The summed E-state index contributed by atoms with van der Waals surface area (Å²) in [4.78, 5) is 0. The van der Waals surface area contributed by atoms with Crippen LogP contribution in [0.3, 0.4) is 0 Å². The minimum Gasteiger partial charge on any atom is -0.376 e. The summed E-state index contributed by atoms with van der Waals surface area (Å²) in [5.41, 5.74) is 0. The van der Waals surface area contributed by atoms with E-state index in [0.29, 0.717) is 13.0 Å². The minimum atomic E-state index is -0.597. The van der Waals surface area contributed by atoms with Crippen LogP contribution in [0.15, 0.2) is 0 Å². The number of aliphatic hydroxyl groups excluding tert-OH is 1. The summed E-state index contributed by atoms with van der Waals surface area (Å²) < 4.78 is 0. The van der Waals surface area contributed by atoms with E-state index in [9.17, 15) is 0 Å². The van der Waals surface area contributed by atoms with E-state index in [1.165, 1.54) is 0 Å². The fourth-order valence-electron chi connectivity index (χ4n) is 0.734. The van der Waals surface area contributed by atoms with E-state index in [1.54, 1.807) is 0 Å². The number of hydrogen-bond acceptors (Lipinski definition) is 3. The van der Waals surface area contributed by atoms with Gasteiger partial charge in [0.2, 0.25) is 0 Å². The molecule has 1 fully saturated rings. The van der Waals surface area contributed by atoms with Crippen molar-refractivity contribution in [3.63, 3.8) is 0 Å². The molecule has 0 aliphatic carbocycles. The summed E-state index contributed by atoms with van der Waals surface area (Å²) in [5.74, 6) is 0. The monoisotopic (exact) mass is 103 g/mol. The van der Waals surface area contributed by atoms with Gasteiger partial charge in [-0.15, -0.1) is 0 Å². The van der Waals surface area contributed by atoms with Gasteiger partial charge in [-0.25, -0.2) is 0 Å². The predicted octanol–water partition coefficient (Wildman–Crippen LogP) is -0.210. The molecule has 0 spiro atoms. The van der Waals surface area contributed by atoms with Gasteiger partial charge in [0.25, 0.3) is 0 Å². The standard InChI is InChI=1S/C4H9NO2/c6-4-2-1-3-5(4)7/h4,6-7H,1-3H2/t4-/m0/s1. The van der Waals surface area contributed by atoms with Gasteiger partial charge in [0, 0.05) is 6.54 Å². The zero-order chi connectivity index (χ0) is 5.28. The smallest absolute Gasteiger partial charge is 0.129 e. The summed E-state index contributed by atoms with van der Waals surface area (Å²) in [6, 6.07) is 0. The van der Waals surface area contributed by atoms with Crippen molar-refractivity contribution in [3.05, 3.63) is 0 Å². The van der Waals surface area contributed by atoms with Crippen LogP contribution in [-0.4, -0.2) is 28.1 Å². The van der Waals surface area contributed by atoms with Crippen molar-refractivity contribution < 1.29 is 10.3 Å². The molecule has 1 atom stereocenters. The number of rotatable bonds is 0. The Morgan fingerprint density at radius 3 is 2.43 bits per heavy atom. The average molecular weight is 103 g/mol. The lowest BCUT2D eigenvalue weighted by atomic mass is 10.4. The summed E-state index contributed by atoms with van der Waals surface area (Å²) in [6.45, 7) is 0.612. The maximum absolute atomic E-state index is 8.67. The summed E-state index contributed by atoms with van der Waals surface area (Å²) in [5, 5.41) is 18.2. The molecule has 0 aromatic heterocycles.